The van der Waals surface area contributed by atoms with E-state index < -0.39 is 0 Å². The SMILES string of the molecule is Cc1noc(-c2c(NC(=O)CC3CCCCC3)sc3c2CCOC3)n1. The molecular formula is C18H23N3O3S. The molecule has 1 aliphatic carbocycles. The lowest BCUT2D eigenvalue weighted by Gasteiger charge is -2.20. The molecule has 4 rings (SSSR count). The molecule has 1 N–H and O–H groups in total. The highest BCUT2D eigenvalue weighted by Gasteiger charge is 2.27. The van der Waals surface area contributed by atoms with E-state index in [4.69, 9.17) is 9.26 Å². The average Bonchev–Trinajstić information content (AvgIpc) is 3.18. The number of aromatic nitrogens is 2. The Morgan fingerprint density at radius 1 is 1.32 bits per heavy atom. The molecule has 3 heterocycles. The van der Waals surface area contributed by atoms with Crippen molar-refractivity contribution >= 4 is 22.2 Å². The summed E-state index contributed by atoms with van der Waals surface area (Å²) in [5.74, 6) is 1.69. The van der Waals surface area contributed by atoms with Crippen LogP contribution in [0.4, 0.5) is 5.00 Å². The summed E-state index contributed by atoms with van der Waals surface area (Å²) >= 11 is 1.57. The second-order valence-corrected chi connectivity index (χ2v) is 8.02. The number of ether oxygens (including phenoxy) is 1. The first-order valence-corrected chi connectivity index (χ1v) is 9.85. The van der Waals surface area contributed by atoms with Crippen LogP contribution in [0.5, 0.6) is 0 Å². The lowest BCUT2D eigenvalue weighted by Crippen LogP contribution is -2.18. The number of amides is 1. The summed E-state index contributed by atoms with van der Waals surface area (Å²) in [6.07, 6.45) is 7.53. The molecule has 1 amide bonds. The van der Waals surface area contributed by atoms with Gasteiger partial charge in [-0.05, 0) is 37.7 Å². The van der Waals surface area contributed by atoms with E-state index in [1.807, 2.05) is 0 Å². The number of carbonyl (C=O) groups excluding carboxylic acids is 1. The fraction of sp³-hybridized carbons (Fsp3) is 0.611. The normalized spacial score (nSPS) is 18.1. The third kappa shape index (κ3) is 3.62. The van der Waals surface area contributed by atoms with Crippen LogP contribution in [0, 0.1) is 12.8 Å². The zero-order valence-electron chi connectivity index (χ0n) is 14.5. The van der Waals surface area contributed by atoms with Crippen LogP contribution >= 0.6 is 11.3 Å². The Labute approximate surface area is 151 Å². The van der Waals surface area contributed by atoms with Gasteiger partial charge in [0, 0.05) is 11.3 Å². The predicted octanol–water partition coefficient (Wildman–Crippen LogP) is 4.09. The number of hydrogen-bond donors (Lipinski definition) is 1. The fourth-order valence-electron chi connectivity index (χ4n) is 3.78. The summed E-state index contributed by atoms with van der Waals surface area (Å²) in [5, 5.41) is 7.85. The van der Waals surface area contributed by atoms with Crippen LogP contribution in [0.2, 0.25) is 0 Å². The summed E-state index contributed by atoms with van der Waals surface area (Å²) in [6.45, 7) is 3.06. The summed E-state index contributed by atoms with van der Waals surface area (Å²) in [7, 11) is 0. The third-order valence-corrected chi connectivity index (χ3v) is 6.13. The van der Waals surface area contributed by atoms with Crippen molar-refractivity contribution in [2.75, 3.05) is 11.9 Å². The van der Waals surface area contributed by atoms with Gasteiger partial charge in [0.1, 0.15) is 5.00 Å². The lowest BCUT2D eigenvalue weighted by atomic mass is 9.87. The van der Waals surface area contributed by atoms with Gasteiger partial charge in [-0.3, -0.25) is 4.79 Å². The van der Waals surface area contributed by atoms with Gasteiger partial charge in [-0.2, -0.15) is 4.98 Å². The van der Waals surface area contributed by atoms with Crippen LogP contribution in [-0.4, -0.2) is 22.7 Å². The van der Waals surface area contributed by atoms with Gasteiger partial charge < -0.3 is 14.6 Å². The van der Waals surface area contributed by atoms with Gasteiger partial charge >= 0.3 is 0 Å². The highest BCUT2D eigenvalue weighted by atomic mass is 32.1. The molecule has 7 heteroatoms. The molecule has 25 heavy (non-hydrogen) atoms. The summed E-state index contributed by atoms with van der Waals surface area (Å²) < 4.78 is 11.0. The van der Waals surface area contributed by atoms with E-state index in [9.17, 15) is 4.79 Å². The number of nitrogens with one attached hydrogen (secondary N) is 1. The van der Waals surface area contributed by atoms with Gasteiger partial charge in [0.25, 0.3) is 5.89 Å². The van der Waals surface area contributed by atoms with E-state index in [1.54, 1.807) is 18.3 Å². The van der Waals surface area contributed by atoms with Gasteiger partial charge in [0.15, 0.2) is 5.82 Å². The zero-order chi connectivity index (χ0) is 17.2. The van der Waals surface area contributed by atoms with Crippen LogP contribution in [0.15, 0.2) is 4.52 Å². The van der Waals surface area contributed by atoms with Crippen molar-refractivity contribution in [3.63, 3.8) is 0 Å². The maximum absolute atomic E-state index is 12.6. The Kier molecular flexibility index (Phi) is 4.85. The van der Waals surface area contributed by atoms with Gasteiger partial charge in [-0.1, -0.05) is 24.4 Å². The topological polar surface area (TPSA) is 77.2 Å². The molecule has 1 aliphatic heterocycles. The van der Waals surface area contributed by atoms with Crippen molar-refractivity contribution in [3.05, 3.63) is 16.3 Å². The molecule has 0 saturated heterocycles. The number of aryl methyl sites for hydroxylation is 1. The van der Waals surface area contributed by atoms with E-state index in [0.717, 1.165) is 34.7 Å². The Morgan fingerprint density at radius 3 is 2.92 bits per heavy atom. The number of hydrogen-bond acceptors (Lipinski definition) is 6. The van der Waals surface area contributed by atoms with Crippen molar-refractivity contribution in [2.45, 2.75) is 58.5 Å². The lowest BCUT2D eigenvalue weighted by molar-refractivity contribution is -0.117. The summed E-state index contributed by atoms with van der Waals surface area (Å²) in [5.41, 5.74) is 2.06. The fourth-order valence-corrected chi connectivity index (χ4v) is 4.97. The Hall–Kier alpha value is -1.73. The molecule has 0 spiro atoms. The van der Waals surface area contributed by atoms with Gasteiger partial charge in [-0.25, -0.2) is 0 Å². The monoisotopic (exact) mass is 361 g/mol. The molecule has 2 aromatic heterocycles. The van der Waals surface area contributed by atoms with Crippen LogP contribution in [-0.2, 0) is 22.6 Å². The van der Waals surface area contributed by atoms with Crippen molar-refractivity contribution in [3.8, 4) is 11.5 Å². The number of anilines is 1. The molecule has 0 unspecified atom stereocenters. The summed E-state index contributed by atoms with van der Waals surface area (Å²) in [4.78, 5) is 18.1. The molecule has 0 atom stereocenters. The predicted molar refractivity (Wildman–Crippen MR) is 95.5 cm³/mol. The molecular weight excluding hydrogens is 338 g/mol. The summed E-state index contributed by atoms with van der Waals surface area (Å²) in [6, 6.07) is 0. The molecule has 1 fully saturated rings. The number of thiophene rings is 1. The van der Waals surface area contributed by atoms with E-state index in [0.29, 0.717) is 37.3 Å². The molecule has 0 aromatic carbocycles. The molecule has 134 valence electrons. The minimum atomic E-state index is 0.0869. The molecule has 0 radical (unpaired) electrons. The van der Waals surface area contributed by atoms with E-state index >= 15 is 0 Å². The maximum Gasteiger partial charge on any atom is 0.261 e. The van der Waals surface area contributed by atoms with Crippen molar-refractivity contribution in [1.82, 2.24) is 10.1 Å². The van der Waals surface area contributed by atoms with Crippen molar-refractivity contribution in [2.24, 2.45) is 5.92 Å². The Bertz CT molecular complexity index is 762. The standard InChI is InChI=1S/C18H23N3O3S/c1-11-19-17(24-21-11)16-13-7-8-23-10-14(13)25-18(16)20-15(22)9-12-5-3-2-4-6-12/h12H,2-10H2,1H3,(H,20,22). The Balaban J connectivity index is 1.58. The average molecular weight is 361 g/mol. The van der Waals surface area contributed by atoms with E-state index in [1.165, 1.54) is 24.8 Å². The van der Waals surface area contributed by atoms with Gasteiger partial charge in [0.05, 0.1) is 18.8 Å². The van der Waals surface area contributed by atoms with Crippen LogP contribution in [0.3, 0.4) is 0 Å². The first-order chi connectivity index (χ1) is 12.2. The Morgan fingerprint density at radius 2 is 2.16 bits per heavy atom. The van der Waals surface area contributed by atoms with Gasteiger partial charge in [-0.15, -0.1) is 11.3 Å². The first kappa shape index (κ1) is 16.7. The highest BCUT2D eigenvalue weighted by molar-refractivity contribution is 7.17. The molecule has 0 bridgehead atoms. The minimum Gasteiger partial charge on any atom is -0.376 e. The molecule has 2 aromatic rings. The minimum absolute atomic E-state index is 0.0869. The number of carbonyl (C=O) groups is 1. The molecule has 1 saturated carbocycles. The highest BCUT2D eigenvalue weighted by Crippen LogP contribution is 2.42. The number of nitrogens with zero attached hydrogens (tertiary/aromatic N) is 2. The van der Waals surface area contributed by atoms with E-state index in [2.05, 4.69) is 15.5 Å². The number of rotatable bonds is 4. The van der Waals surface area contributed by atoms with Gasteiger partial charge in [0.2, 0.25) is 5.91 Å². The van der Waals surface area contributed by atoms with Crippen molar-refractivity contribution in [1.29, 1.82) is 0 Å². The van der Waals surface area contributed by atoms with Crippen LogP contribution < -0.4 is 5.32 Å². The smallest absolute Gasteiger partial charge is 0.261 e. The molecule has 2 aliphatic rings. The van der Waals surface area contributed by atoms with Crippen LogP contribution in [0.1, 0.15) is 54.8 Å². The molecule has 6 nitrogen and oxygen atoms in total. The number of fused-ring (bicyclic) bond motifs is 1. The second kappa shape index (κ2) is 7.25. The first-order valence-electron chi connectivity index (χ1n) is 9.03. The third-order valence-electron chi connectivity index (χ3n) is 5.01. The quantitative estimate of drug-likeness (QED) is 0.887. The zero-order valence-corrected chi connectivity index (χ0v) is 15.3. The maximum atomic E-state index is 12.6. The largest absolute Gasteiger partial charge is 0.376 e. The van der Waals surface area contributed by atoms with E-state index in [-0.39, 0.29) is 5.91 Å². The second-order valence-electron chi connectivity index (χ2n) is 6.91. The van der Waals surface area contributed by atoms with Crippen molar-refractivity contribution < 1.29 is 14.1 Å². The van der Waals surface area contributed by atoms with Crippen LogP contribution in [0.25, 0.3) is 11.5 Å².